The molecule has 3 aromatic rings. The summed E-state index contributed by atoms with van der Waals surface area (Å²) in [7, 11) is 1.58. The Bertz CT molecular complexity index is 1100. The molecular weight excluding hydrogens is 464 g/mol. The monoisotopic (exact) mass is 488 g/mol. The number of thioether (sulfide) groups is 1. The number of aromatic nitrogens is 4. The van der Waals surface area contributed by atoms with Gasteiger partial charge in [0.15, 0.2) is 4.34 Å². The molecule has 0 aliphatic carbocycles. The summed E-state index contributed by atoms with van der Waals surface area (Å²) in [6, 6.07) is 7.37. The predicted molar refractivity (Wildman–Crippen MR) is 124 cm³/mol. The second kappa shape index (κ2) is 11.2. The van der Waals surface area contributed by atoms with Crippen molar-refractivity contribution in [1.82, 2.24) is 25.2 Å². The molecule has 1 aliphatic heterocycles. The number of carbonyl (C=O) groups is 2. The van der Waals surface area contributed by atoms with E-state index in [2.05, 4.69) is 25.7 Å². The van der Waals surface area contributed by atoms with Crippen LogP contribution in [0.15, 0.2) is 33.1 Å². The average molecular weight is 489 g/mol. The molecule has 33 heavy (non-hydrogen) atoms. The van der Waals surface area contributed by atoms with Gasteiger partial charge < -0.3 is 19.5 Å². The van der Waals surface area contributed by atoms with Crippen molar-refractivity contribution in [3.8, 4) is 17.1 Å². The lowest BCUT2D eigenvalue weighted by atomic mass is 10.1. The van der Waals surface area contributed by atoms with Gasteiger partial charge in [0.2, 0.25) is 28.7 Å². The molecule has 1 aromatic carbocycles. The standard InChI is InChI=1S/C21H24N6O4S2/c1-30-15-8-4-3-7-14(15)19-23-17(31-26-19)10-9-16(28)22-20-24-25-21(33-20)32-13-18(29)27-11-5-2-6-12-27/h3-4,7-8H,2,5-6,9-13H2,1H3,(H,22,24,28). The molecule has 4 rings (SSSR count). The van der Waals surface area contributed by atoms with Crippen LogP contribution in [0.4, 0.5) is 5.13 Å². The van der Waals surface area contributed by atoms with Crippen LogP contribution < -0.4 is 10.1 Å². The number of carbonyl (C=O) groups excluding carboxylic acids is 2. The number of nitrogens with one attached hydrogen (secondary N) is 1. The maximum atomic E-state index is 12.3. The Kier molecular flexibility index (Phi) is 7.89. The van der Waals surface area contributed by atoms with Gasteiger partial charge in [-0.1, -0.05) is 40.4 Å². The second-order valence-electron chi connectivity index (χ2n) is 7.36. The summed E-state index contributed by atoms with van der Waals surface area (Å²) in [4.78, 5) is 30.8. The highest BCUT2D eigenvalue weighted by Crippen LogP contribution is 2.28. The number of hydrogen-bond acceptors (Lipinski definition) is 10. The third-order valence-corrected chi connectivity index (χ3v) is 7.02. The molecule has 12 heteroatoms. The molecule has 10 nitrogen and oxygen atoms in total. The van der Waals surface area contributed by atoms with E-state index in [-0.39, 0.29) is 18.2 Å². The molecule has 1 aliphatic rings. The number of para-hydroxylation sites is 1. The van der Waals surface area contributed by atoms with Gasteiger partial charge in [-0.25, -0.2) is 0 Å². The highest BCUT2D eigenvalue weighted by atomic mass is 32.2. The zero-order valence-corrected chi connectivity index (χ0v) is 19.8. The van der Waals surface area contributed by atoms with Crippen LogP contribution in [0.25, 0.3) is 11.4 Å². The third kappa shape index (κ3) is 6.29. The topological polar surface area (TPSA) is 123 Å². The highest BCUT2D eigenvalue weighted by Gasteiger charge is 2.18. The van der Waals surface area contributed by atoms with E-state index in [9.17, 15) is 9.59 Å². The Morgan fingerprint density at radius 2 is 2.03 bits per heavy atom. The molecule has 1 saturated heterocycles. The fraction of sp³-hybridized carbons (Fsp3) is 0.429. The first kappa shape index (κ1) is 23.2. The molecule has 0 unspecified atom stereocenters. The van der Waals surface area contributed by atoms with Crippen LogP contribution in [-0.2, 0) is 16.0 Å². The Balaban J connectivity index is 1.23. The first-order chi connectivity index (χ1) is 16.1. The fourth-order valence-corrected chi connectivity index (χ4v) is 5.05. The Hall–Kier alpha value is -2.99. The van der Waals surface area contributed by atoms with Crippen LogP contribution in [0.5, 0.6) is 5.75 Å². The van der Waals surface area contributed by atoms with Crippen molar-refractivity contribution in [3.05, 3.63) is 30.2 Å². The van der Waals surface area contributed by atoms with Crippen LogP contribution in [-0.4, -0.2) is 63.0 Å². The van der Waals surface area contributed by atoms with Crippen molar-refractivity contribution in [2.24, 2.45) is 0 Å². The van der Waals surface area contributed by atoms with Gasteiger partial charge in [0.25, 0.3) is 0 Å². The molecule has 1 fully saturated rings. The molecule has 2 amide bonds. The SMILES string of the molecule is COc1ccccc1-c1noc(CCC(=O)Nc2nnc(SCC(=O)N3CCCCC3)s2)n1. The van der Waals surface area contributed by atoms with E-state index in [1.165, 1.54) is 29.5 Å². The molecule has 0 spiro atoms. The maximum absolute atomic E-state index is 12.3. The molecule has 0 saturated carbocycles. The molecule has 1 N–H and O–H groups in total. The number of likely N-dealkylation sites (tertiary alicyclic amines) is 1. The van der Waals surface area contributed by atoms with Crippen molar-refractivity contribution in [2.75, 3.05) is 31.3 Å². The number of methoxy groups -OCH3 is 1. The lowest BCUT2D eigenvalue weighted by Gasteiger charge is -2.26. The minimum Gasteiger partial charge on any atom is -0.496 e. The quantitative estimate of drug-likeness (QED) is 0.357. The van der Waals surface area contributed by atoms with Crippen LogP contribution in [0.3, 0.4) is 0 Å². The summed E-state index contributed by atoms with van der Waals surface area (Å²) < 4.78 is 11.2. The molecule has 0 radical (unpaired) electrons. The average Bonchev–Trinajstić information content (AvgIpc) is 3.51. The number of aryl methyl sites for hydroxylation is 1. The fourth-order valence-electron chi connectivity index (χ4n) is 3.37. The van der Waals surface area contributed by atoms with Crippen molar-refractivity contribution in [1.29, 1.82) is 0 Å². The lowest BCUT2D eigenvalue weighted by Crippen LogP contribution is -2.36. The highest BCUT2D eigenvalue weighted by molar-refractivity contribution is 8.01. The van der Waals surface area contributed by atoms with E-state index in [1.807, 2.05) is 29.2 Å². The largest absolute Gasteiger partial charge is 0.496 e. The minimum absolute atomic E-state index is 0.118. The lowest BCUT2D eigenvalue weighted by molar-refractivity contribution is -0.129. The summed E-state index contributed by atoms with van der Waals surface area (Å²) in [5.74, 6) is 1.62. The van der Waals surface area contributed by atoms with Crippen LogP contribution in [0.1, 0.15) is 31.6 Å². The molecule has 2 aromatic heterocycles. The van der Waals surface area contributed by atoms with Crippen molar-refractivity contribution in [3.63, 3.8) is 0 Å². The van der Waals surface area contributed by atoms with Gasteiger partial charge in [0.05, 0.1) is 18.4 Å². The first-order valence-electron chi connectivity index (χ1n) is 10.6. The number of ether oxygens (including phenoxy) is 1. The number of nitrogens with zero attached hydrogens (tertiary/aromatic N) is 5. The molecule has 0 bridgehead atoms. The zero-order valence-electron chi connectivity index (χ0n) is 18.2. The van der Waals surface area contributed by atoms with Gasteiger partial charge in [-0.05, 0) is 31.4 Å². The molecule has 0 atom stereocenters. The van der Waals surface area contributed by atoms with Crippen molar-refractivity contribution in [2.45, 2.75) is 36.4 Å². The van der Waals surface area contributed by atoms with Crippen LogP contribution in [0.2, 0.25) is 0 Å². The number of anilines is 1. The van der Waals surface area contributed by atoms with Gasteiger partial charge in [-0.15, -0.1) is 10.2 Å². The van der Waals surface area contributed by atoms with E-state index in [0.29, 0.717) is 39.1 Å². The number of amides is 2. The number of benzene rings is 1. The van der Waals surface area contributed by atoms with E-state index in [0.717, 1.165) is 31.5 Å². The Morgan fingerprint density at radius 3 is 2.85 bits per heavy atom. The normalized spacial score (nSPS) is 13.7. The van der Waals surface area contributed by atoms with Crippen LogP contribution in [0, 0.1) is 0 Å². The van der Waals surface area contributed by atoms with Crippen LogP contribution >= 0.6 is 23.1 Å². The van der Waals surface area contributed by atoms with Gasteiger partial charge in [-0.3, -0.25) is 9.59 Å². The summed E-state index contributed by atoms with van der Waals surface area (Å²) in [5, 5.41) is 15.1. The Labute approximate surface area is 199 Å². The zero-order chi connectivity index (χ0) is 23.0. The van der Waals surface area contributed by atoms with Gasteiger partial charge in [-0.2, -0.15) is 4.98 Å². The van der Waals surface area contributed by atoms with E-state index >= 15 is 0 Å². The van der Waals surface area contributed by atoms with Gasteiger partial charge in [0, 0.05) is 25.9 Å². The van der Waals surface area contributed by atoms with E-state index in [1.54, 1.807) is 7.11 Å². The summed E-state index contributed by atoms with van der Waals surface area (Å²) >= 11 is 2.59. The first-order valence-corrected chi connectivity index (χ1v) is 12.4. The predicted octanol–water partition coefficient (Wildman–Crippen LogP) is 3.27. The van der Waals surface area contributed by atoms with Crippen molar-refractivity contribution >= 4 is 40.0 Å². The Morgan fingerprint density at radius 1 is 1.21 bits per heavy atom. The maximum Gasteiger partial charge on any atom is 0.233 e. The van der Waals surface area contributed by atoms with Crippen molar-refractivity contribution < 1.29 is 18.8 Å². The number of piperidine rings is 1. The summed E-state index contributed by atoms with van der Waals surface area (Å²) in [6.07, 6.45) is 3.76. The van der Waals surface area contributed by atoms with Gasteiger partial charge in [0.1, 0.15) is 5.75 Å². The number of hydrogen-bond donors (Lipinski definition) is 1. The summed E-state index contributed by atoms with van der Waals surface area (Å²) in [6.45, 7) is 1.66. The minimum atomic E-state index is -0.232. The molecule has 174 valence electrons. The van der Waals surface area contributed by atoms with E-state index < -0.39 is 0 Å². The van der Waals surface area contributed by atoms with E-state index in [4.69, 9.17) is 9.26 Å². The second-order valence-corrected chi connectivity index (χ2v) is 9.56. The third-order valence-electron chi connectivity index (χ3n) is 5.06. The number of rotatable bonds is 9. The smallest absolute Gasteiger partial charge is 0.233 e. The summed E-state index contributed by atoms with van der Waals surface area (Å²) in [5.41, 5.74) is 0.720. The molecular formula is C21H24N6O4S2. The molecule has 3 heterocycles. The van der Waals surface area contributed by atoms with Gasteiger partial charge >= 0.3 is 0 Å².